The summed E-state index contributed by atoms with van der Waals surface area (Å²) in [6.45, 7) is 8.39. The lowest BCUT2D eigenvalue weighted by Gasteiger charge is -2.44. The van der Waals surface area contributed by atoms with Crippen molar-refractivity contribution in [1.82, 2.24) is 4.90 Å². The number of fused-ring (bicyclic) bond motifs is 2. The van der Waals surface area contributed by atoms with Crippen molar-refractivity contribution in [3.05, 3.63) is 29.8 Å². The molecule has 1 amide bonds. The summed E-state index contributed by atoms with van der Waals surface area (Å²) >= 11 is 0. The van der Waals surface area contributed by atoms with Crippen LogP contribution in [0.5, 0.6) is 5.75 Å². The molecular weight excluding hydrogens is 330 g/mol. The molecule has 3 rings (SSSR count). The van der Waals surface area contributed by atoms with Gasteiger partial charge in [-0.05, 0) is 57.7 Å². The Morgan fingerprint density at radius 3 is 2.50 bits per heavy atom. The first kappa shape index (κ1) is 19.0. The van der Waals surface area contributed by atoms with E-state index in [4.69, 9.17) is 9.47 Å². The smallest absolute Gasteiger partial charge is 0.410 e. The lowest BCUT2D eigenvalue weighted by molar-refractivity contribution is -0.0625. The first-order valence-electron chi connectivity index (χ1n) is 9.69. The number of amides is 1. The SMILES string of the molecule is CCCOc1cccc(C2(O)CC3CCC(C2)N3C(=O)OC(C)(C)C)c1. The van der Waals surface area contributed by atoms with Crippen LogP contribution in [0.25, 0.3) is 0 Å². The third kappa shape index (κ3) is 3.98. The van der Waals surface area contributed by atoms with Crippen LogP contribution in [0.15, 0.2) is 24.3 Å². The molecular formula is C21H31NO4. The summed E-state index contributed by atoms with van der Waals surface area (Å²) in [7, 11) is 0. The van der Waals surface area contributed by atoms with Gasteiger partial charge in [-0.15, -0.1) is 0 Å². The lowest BCUT2D eigenvalue weighted by atomic mass is 9.80. The second-order valence-electron chi connectivity index (χ2n) is 8.59. The summed E-state index contributed by atoms with van der Waals surface area (Å²) in [5, 5.41) is 11.4. The van der Waals surface area contributed by atoms with Gasteiger partial charge in [-0.3, -0.25) is 0 Å². The van der Waals surface area contributed by atoms with Gasteiger partial charge in [0, 0.05) is 24.9 Å². The van der Waals surface area contributed by atoms with Crippen LogP contribution in [-0.4, -0.2) is 40.4 Å². The van der Waals surface area contributed by atoms with Crippen LogP contribution in [0, 0.1) is 0 Å². The summed E-state index contributed by atoms with van der Waals surface area (Å²) in [4.78, 5) is 14.5. The highest BCUT2D eigenvalue weighted by Gasteiger charge is 2.51. The van der Waals surface area contributed by atoms with E-state index >= 15 is 0 Å². The number of hydrogen-bond donors (Lipinski definition) is 1. The maximum Gasteiger partial charge on any atom is 0.410 e. The van der Waals surface area contributed by atoms with Gasteiger partial charge in [0.15, 0.2) is 0 Å². The molecule has 2 aliphatic rings. The third-order valence-electron chi connectivity index (χ3n) is 5.22. The summed E-state index contributed by atoms with van der Waals surface area (Å²) in [5.74, 6) is 0.791. The Hall–Kier alpha value is -1.75. The van der Waals surface area contributed by atoms with Crippen molar-refractivity contribution >= 4 is 6.09 Å². The first-order valence-corrected chi connectivity index (χ1v) is 9.69. The molecule has 2 unspecified atom stereocenters. The molecule has 1 aromatic rings. The number of piperidine rings is 1. The van der Waals surface area contributed by atoms with Gasteiger partial charge in [0.25, 0.3) is 0 Å². The topological polar surface area (TPSA) is 59.0 Å². The Morgan fingerprint density at radius 2 is 1.92 bits per heavy atom. The number of aliphatic hydroxyl groups is 1. The largest absolute Gasteiger partial charge is 0.494 e. The number of rotatable bonds is 4. The standard InChI is InChI=1S/C21H31NO4/c1-5-11-25-18-8-6-7-15(12-18)21(24)13-16-9-10-17(14-21)22(16)19(23)26-20(2,3)4/h6-8,12,16-17,24H,5,9-11,13-14H2,1-4H3. The maximum absolute atomic E-state index is 12.6. The molecule has 2 saturated heterocycles. The van der Waals surface area contributed by atoms with Crippen molar-refractivity contribution in [2.45, 2.75) is 83.1 Å². The van der Waals surface area contributed by atoms with Gasteiger partial charge < -0.3 is 19.5 Å². The zero-order valence-electron chi connectivity index (χ0n) is 16.3. The average Bonchev–Trinajstić information content (AvgIpc) is 2.84. The van der Waals surface area contributed by atoms with E-state index in [0.717, 1.165) is 30.6 Å². The van der Waals surface area contributed by atoms with E-state index in [1.54, 1.807) is 0 Å². The zero-order chi connectivity index (χ0) is 18.9. The van der Waals surface area contributed by atoms with Crippen LogP contribution < -0.4 is 4.74 Å². The van der Waals surface area contributed by atoms with Gasteiger partial charge in [0.05, 0.1) is 12.2 Å². The van der Waals surface area contributed by atoms with Crippen LogP contribution in [0.4, 0.5) is 4.79 Å². The van der Waals surface area contributed by atoms with E-state index < -0.39 is 11.2 Å². The van der Waals surface area contributed by atoms with E-state index in [2.05, 4.69) is 6.92 Å². The van der Waals surface area contributed by atoms with Crippen LogP contribution in [0.2, 0.25) is 0 Å². The van der Waals surface area contributed by atoms with Gasteiger partial charge in [-0.2, -0.15) is 0 Å². The minimum Gasteiger partial charge on any atom is -0.494 e. The second kappa shape index (κ2) is 7.10. The molecule has 0 saturated carbocycles. The molecule has 2 aliphatic heterocycles. The number of benzene rings is 1. The second-order valence-corrected chi connectivity index (χ2v) is 8.59. The summed E-state index contributed by atoms with van der Waals surface area (Å²) in [6, 6.07) is 7.80. The number of hydrogen-bond acceptors (Lipinski definition) is 4. The summed E-state index contributed by atoms with van der Waals surface area (Å²) in [5.41, 5.74) is -0.544. The molecule has 2 bridgehead atoms. The fourth-order valence-corrected chi connectivity index (χ4v) is 4.17. The fourth-order valence-electron chi connectivity index (χ4n) is 4.17. The molecule has 0 aromatic heterocycles. The molecule has 1 N–H and O–H groups in total. The van der Waals surface area contributed by atoms with Crippen molar-refractivity contribution in [3.8, 4) is 5.75 Å². The highest BCUT2D eigenvalue weighted by atomic mass is 16.6. The Kier molecular flexibility index (Phi) is 5.20. The molecule has 0 radical (unpaired) electrons. The zero-order valence-corrected chi connectivity index (χ0v) is 16.3. The van der Waals surface area contributed by atoms with Crippen LogP contribution >= 0.6 is 0 Å². The Labute approximate surface area is 156 Å². The normalized spacial score (nSPS) is 28.1. The highest BCUT2D eigenvalue weighted by molar-refractivity contribution is 5.69. The lowest BCUT2D eigenvalue weighted by Crippen LogP contribution is -2.53. The summed E-state index contributed by atoms with van der Waals surface area (Å²) in [6.07, 6.45) is 3.60. The van der Waals surface area contributed by atoms with E-state index in [0.29, 0.717) is 19.4 Å². The van der Waals surface area contributed by atoms with Crippen LogP contribution in [0.3, 0.4) is 0 Å². The van der Waals surface area contributed by atoms with Gasteiger partial charge in [0.1, 0.15) is 11.4 Å². The Morgan fingerprint density at radius 1 is 1.27 bits per heavy atom. The Bertz CT molecular complexity index is 638. The van der Waals surface area contributed by atoms with Gasteiger partial charge in [0.2, 0.25) is 0 Å². The predicted octanol–water partition coefficient (Wildman–Crippen LogP) is 4.22. The molecule has 0 spiro atoms. The molecule has 5 nitrogen and oxygen atoms in total. The van der Waals surface area contributed by atoms with E-state index in [1.165, 1.54) is 0 Å². The predicted molar refractivity (Wildman–Crippen MR) is 100 cm³/mol. The van der Waals surface area contributed by atoms with Crippen molar-refractivity contribution in [2.75, 3.05) is 6.61 Å². The van der Waals surface area contributed by atoms with Crippen LogP contribution in [-0.2, 0) is 10.3 Å². The molecule has 26 heavy (non-hydrogen) atoms. The van der Waals surface area contributed by atoms with Gasteiger partial charge in [-0.25, -0.2) is 4.79 Å². The third-order valence-corrected chi connectivity index (χ3v) is 5.22. The monoisotopic (exact) mass is 361 g/mol. The van der Waals surface area contributed by atoms with E-state index in [9.17, 15) is 9.90 Å². The molecule has 2 atom stereocenters. The number of nitrogens with zero attached hydrogens (tertiary/aromatic N) is 1. The molecule has 2 heterocycles. The Balaban J connectivity index is 1.76. The van der Waals surface area contributed by atoms with Crippen molar-refractivity contribution in [2.24, 2.45) is 0 Å². The minimum atomic E-state index is -0.921. The van der Waals surface area contributed by atoms with Crippen molar-refractivity contribution < 1.29 is 19.4 Å². The first-order chi connectivity index (χ1) is 12.2. The maximum atomic E-state index is 12.6. The molecule has 0 aliphatic carbocycles. The summed E-state index contributed by atoms with van der Waals surface area (Å²) < 4.78 is 11.3. The van der Waals surface area contributed by atoms with Crippen LogP contribution in [0.1, 0.15) is 65.4 Å². The van der Waals surface area contributed by atoms with Crippen molar-refractivity contribution in [3.63, 3.8) is 0 Å². The number of carbonyl (C=O) groups excluding carboxylic acids is 1. The fraction of sp³-hybridized carbons (Fsp3) is 0.667. The van der Waals surface area contributed by atoms with Gasteiger partial charge in [-0.1, -0.05) is 19.1 Å². The molecule has 5 heteroatoms. The van der Waals surface area contributed by atoms with E-state index in [1.807, 2.05) is 49.9 Å². The van der Waals surface area contributed by atoms with Gasteiger partial charge >= 0.3 is 6.09 Å². The van der Waals surface area contributed by atoms with E-state index in [-0.39, 0.29) is 18.2 Å². The molecule has 144 valence electrons. The minimum absolute atomic E-state index is 0.0221. The van der Waals surface area contributed by atoms with Crippen molar-refractivity contribution in [1.29, 1.82) is 0 Å². The molecule has 1 aromatic carbocycles. The number of carbonyl (C=O) groups is 1. The quantitative estimate of drug-likeness (QED) is 0.872. The highest BCUT2D eigenvalue weighted by Crippen LogP contribution is 2.46. The average molecular weight is 361 g/mol. The number of ether oxygens (including phenoxy) is 2. The molecule has 2 fully saturated rings.